The fourth-order valence-corrected chi connectivity index (χ4v) is 3.07. The van der Waals surface area contributed by atoms with Gasteiger partial charge in [-0.3, -0.25) is 4.79 Å². The summed E-state index contributed by atoms with van der Waals surface area (Å²) in [7, 11) is 1.87. The number of hydrogen-bond donors (Lipinski definition) is 1. The van der Waals surface area contributed by atoms with Crippen LogP contribution in [0.1, 0.15) is 34.3 Å². The van der Waals surface area contributed by atoms with E-state index >= 15 is 0 Å². The number of alkyl halides is 2. The molecule has 1 aromatic rings. The molecule has 0 saturated carbocycles. The first-order valence-corrected chi connectivity index (χ1v) is 7.45. The molecule has 1 unspecified atom stereocenters. The number of benzene rings is 1. The van der Waals surface area contributed by atoms with Gasteiger partial charge in [-0.25, -0.2) is 0 Å². The van der Waals surface area contributed by atoms with E-state index in [1.165, 1.54) is 0 Å². The third-order valence-electron chi connectivity index (χ3n) is 3.99. The number of aryl methyl sites for hydroxylation is 2. The Labute approximate surface area is 141 Å². The molecule has 0 aromatic heterocycles. The molecule has 1 N–H and O–H groups in total. The maximum Gasteiger partial charge on any atom is 0.387 e. The summed E-state index contributed by atoms with van der Waals surface area (Å²) in [5, 5.41) is 3.10. The highest BCUT2D eigenvalue weighted by Gasteiger charge is 2.29. The van der Waals surface area contributed by atoms with E-state index in [1.54, 1.807) is 26.0 Å². The smallest absolute Gasteiger partial charge is 0.387 e. The van der Waals surface area contributed by atoms with Crippen molar-refractivity contribution in [3.05, 3.63) is 28.8 Å². The highest BCUT2D eigenvalue weighted by Crippen LogP contribution is 2.28. The lowest BCUT2D eigenvalue weighted by atomic mass is 10.0. The van der Waals surface area contributed by atoms with Crippen molar-refractivity contribution in [2.45, 2.75) is 39.3 Å². The van der Waals surface area contributed by atoms with Gasteiger partial charge in [-0.05, 0) is 57.0 Å². The minimum atomic E-state index is -2.86. The zero-order valence-corrected chi connectivity index (χ0v) is 14.4. The van der Waals surface area contributed by atoms with Crippen LogP contribution in [0.5, 0.6) is 5.75 Å². The van der Waals surface area contributed by atoms with Crippen LogP contribution in [-0.4, -0.2) is 43.6 Å². The molecule has 1 saturated heterocycles. The van der Waals surface area contributed by atoms with E-state index in [0.717, 1.165) is 25.9 Å². The summed E-state index contributed by atoms with van der Waals surface area (Å²) in [5.41, 5.74) is 1.63. The Morgan fingerprint density at radius 1 is 1.39 bits per heavy atom. The average Bonchev–Trinajstić information content (AvgIpc) is 2.90. The summed E-state index contributed by atoms with van der Waals surface area (Å²) >= 11 is 0. The highest BCUT2D eigenvalue weighted by molar-refractivity contribution is 5.95. The number of nitrogens with zero attached hydrogens (tertiary/aromatic N) is 1. The number of carbonyl (C=O) groups excluding carboxylic acids is 1. The molecule has 0 spiro atoms. The van der Waals surface area contributed by atoms with E-state index in [4.69, 9.17) is 0 Å². The summed E-state index contributed by atoms with van der Waals surface area (Å²) in [6.07, 6.45) is 1.97. The first-order chi connectivity index (χ1) is 10.4. The van der Waals surface area contributed by atoms with Gasteiger partial charge in [0.05, 0.1) is 0 Å². The number of likely N-dealkylation sites (N-methyl/N-ethyl adjacent to an activating group) is 1. The third-order valence-corrected chi connectivity index (χ3v) is 3.99. The zero-order valence-electron chi connectivity index (χ0n) is 13.6. The maximum atomic E-state index is 12.7. The zero-order chi connectivity index (χ0) is 16.3. The van der Waals surface area contributed by atoms with Crippen LogP contribution in [0.4, 0.5) is 8.78 Å². The van der Waals surface area contributed by atoms with Crippen molar-refractivity contribution in [3.8, 4) is 5.75 Å². The van der Waals surface area contributed by atoms with Gasteiger partial charge in [-0.15, -0.1) is 12.4 Å². The molecule has 7 heteroatoms. The van der Waals surface area contributed by atoms with E-state index in [1.807, 2.05) is 11.9 Å². The van der Waals surface area contributed by atoms with Crippen molar-refractivity contribution in [1.29, 1.82) is 0 Å². The van der Waals surface area contributed by atoms with Crippen LogP contribution in [-0.2, 0) is 0 Å². The normalized spacial score (nSPS) is 17.3. The van der Waals surface area contributed by atoms with E-state index < -0.39 is 6.61 Å². The van der Waals surface area contributed by atoms with Crippen LogP contribution < -0.4 is 10.1 Å². The van der Waals surface area contributed by atoms with Crippen LogP contribution >= 0.6 is 12.4 Å². The number of nitrogens with one attached hydrogen (secondary N) is 1. The molecule has 0 radical (unpaired) electrons. The Morgan fingerprint density at radius 3 is 2.52 bits per heavy atom. The van der Waals surface area contributed by atoms with Gasteiger partial charge in [-0.2, -0.15) is 8.78 Å². The van der Waals surface area contributed by atoms with Crippen molar-refractivity contribution < 1.29 is 18.3 Å². The minimum Gasteiger partial charge on any atom is -0.434 e. The molecule has 2 rings (SSSR count). The quantitative estimate of drug-likeness (QED) is 0.888. The van der Waals surface area contributed by atoms with Gasteiger partial charge in [0.1, 0.15) is 5.75 Å². The molecule has 0 aliphatic carbocycles. The third kappa shape index (κ3) is 4.54. The molecule has 23 heavy (non-hydrogen) atoms. The summed E-state index contributed by atoms with van der Waals surface area (Å²) in [6, 6.07) is 3.44. The SMILES string of the molecule is CNCC1CCCN1C(=O)c1cc(C)c(OC(F)F)c(C)c1.Cl. The standard InChI is InChI=1S/C16H22F2N2O2.ClH/c1-10-7-12(8-11(2)14(10)22-16(17)18)15(21)20-6-4-5-13(20)9-19-3;/h7-8,13,16,19H,4-6,9H2,1-3H3;1H. The monoisotopic (exact) mass is 348 g/mol. The Bertz CT molecular complexity index is 532. The van der Waals surface area contributed by atoms with Gasteiger partial charge in [0.25, 0.3) is 5.91 Å². The van der Waals surface area contributed by atoms with Crippen molar-refractivity contribution in [1.82, 2.24) is 10.2 Å². The van der Waals surface area contributed by atoms with Crippen LogP contribution in [0.15, 0.2) is 12.1 Å². The Hall–Kier alpha value is -1.40. The Balaban J connectivity index is 0.00000264. The Kier molecular flexibility index (Phi) is 7.22. The second-order valence-corrected chi connectivity index (χ2v) is 5.67. The summed E-state index contributed by atoms with van der Waals surface area (Å²) in [5.74, 6) is 0.104. The van der Waals surface area contributed by atoms with Crippen LogP contribution in [0.25, 0.3) is 0 Å². The predicted octanol–water partition coefficient (Wildman–Crippen LogP) is 3.15. The number of rotatable bonds is 5. The number of halogens is 3. The lowest BCUT2D eigenvalue weighted by molar-refractivity contribution is -0.0507. The van der Waals surface area contributed by atoms with Crippen LogP contribution in [0.2, 0.25) is 0 Å². The van der Waals surface area contributed by atoms with E-state index in [9.17, 15) is 13.6 Å². The maximum absolute atomic E-state index is 12.7. The topological polar surface area (TPSA) is 41.6 Å². The lowest BCUT2D eigenvalue weighted by Gasteiger charge is -2.25. The number of likely N-dealkylation sites (tertiary alicyclic amines) is 1. The second-order valence-electron chi connectivity index (χ2n) is 5.67. The van der Waals surface area contributed by atoms with Gasteiger partial charge in [-0.1, -0.05) is 0 Å². The van der Waals surface area contributed by atoms with Crippen molar-refractivity contribution in [3.63, 3.8) is 0 Å². The van der Waals surface area contributed by atoms with Crippen molar-refractivity contribution in [2.24, 2.45) is 0 Å². The molecule has 4 nitrogen and oxygen atoms in total. The molecule has 1 atom stereocenters. The van der Waals surface area contributed by atoms with E-state index in [0.29, 0.717) is 16.7 Å². The molecule has 0 bridgehead atoms. The van der Waals surface area contributed by atoms with Gasteiger partial charge < -0.3 is 15.0 Å². The summed E-state index contributed by atoms with van der Waals surface area (Å²) in [6.45, 7) is 1.99. The fraction of sp³-hybridized carbons (Fsp3) is 0.562. The molecule has 130 valence electrons. The lowest BCUT2D eigenvalue weighted by Crippen LogP contribution is -2.40. The van der Waals surface area contributed by atoms with Crippen molar-refractivity contribution >= 4 is 18.3 Å². The number of carbonyl (C=O) groups is 1. The van der Waals surface area contributed by atoms with Crippen LogP contribution in [0.3, 0.4) is 0 Å². The summed E-state index contributed by atoms with van der Waals surface area (Å²) in [4.78, 5) is 14.5. The van der Waals surface area contributed by atoms with Gasteiger partial charge in [0.2, 0.25) is 0 Å². The molecular formula is C16H23ClF2N2O2. The largest absolute Gasteiger partial charge is 0.434 e. The molecule has 1 aliphatic heterocycles. The van der Waals surface area contributed by atoms with Crippen molar-refractivity contribution in [2.75, 3.05) is 20.1 Å². The number of amides is 1. The minimum absolute atomic E-state index is 0. The summed E-state index contributed by atoms with van der Waals surface area (Å²) < 4.78 is 29.4. The number of hydrogen-bond acceptors (Lipinski definition) is 3. The van der Waals surface area contributed by atoms with Gasteiger partial charge >= 0.3 is 6.61 Å². The van der Waals surface area contributed by atoms with E-state index in [2.05, 4.69) is 10.1 Å². The highest BCUT2D eigenvalue weighted by atomic mass is 35.5. The second kappa shape index (κ2) is 8.45. The van der Waals surface area contributed by atoms with Crippen LogP contribution in [0, 0.1) is 13.8 Å². The first kappa shape index (κ1) is 19.6. The van der Waals surface area contributed by atoms with Gasteiger partial charge in [0, 0.05) is 24.7 Å². The molecular weight excluding hydrogens is 326 g/mol. The molecule has 1 fully saturated rings. The molecule has 1 aliphatic rings. The molecule has 1 amide bonds. The molecule has 1 aromatic carbocycles. The van der Waals surface area contributed by atoms with Gasteiger partial charge in [0.15, 0.2) is 0 Å². The fourth-order valence-electron chi connectivity index (χ4n) is 3.07. The predicted molar refractivity (Wildman–Crippen MR) is 87.8 cm³/mol. The average molecular weight is 349 g/mol. The number of ether oxygens (including phenoxy) is 1. The Morgan fingerprint density at radius 2 is 2.00 bits per heavy atom. The first-order valence-electron chi connectivity index (χ1n) is 7.45. The van der Waals surface area contributed by atoms with E-state index in [-0.39, 0.29) is 30.1 Å². The molecule has 1 heterocycles.